The number of hydrogen-bond donors (Lipinski definition) is 2. The van der Waals surface area contributed by atoms with E-state index in [9.17, 15) is 0 Å². The van der Waals surface area contributed by atoms with Crippen LogP contribution in [0.4, 0.5) is 0 Å². The Hall–Kier alpha value is -1.59. The van der Waals surface area contributed by atoms with Gasteiger partial charge in [-0.05, 0) is 25.3 Å². The van der Waals surface area contributed by atoms with Crippen molar-refractivity contribution in [3.05, 3.63) is 35.9 Å². The monoisotopic (exact) mass is 319 g/mol. The van der Waals surface area contributed by atoms with Crippen LogP contribution < -0.4 is 10.6 Å². The molecule has 2 atom stereocenters. The van der Waals surface area contributed by atoms with Gasteiger partial charge in [0.05, 0.1) is 6.10 Å². The quantitative estimate of drug-likeness (QED) is 0.439. The zero-order valence-electron chi connectivity index (χ0n) is 14.3. The molecule has 1 fully saturated rings. The van der Waals surface area contributed by atoms with E-state index in [1.807, 2.05) is 13.0 Å². The normalized spacial score (nSPS) is 21.4. The van der Waals surface area contributed by atoms with Crippen molar-refractivity contribution < 1.29 is 9.47 Å². The molecule has 2 unspecified atom stereocenters. The maximum atomic E-state index is 5.93. The molecule has 0 radical (unpaired) electrons. The molecule has 2 rings (SSSR count). The molecule has 1 aromatic carbocycles. The third-order valence-corrected chi connectivity index (χ3v) is 4.06. The fourth-order valence-electron chi connectivity index (χ4n) is 2.83. The van der Waals surface area contributed by atoms with Gasteiger partial charge in [-0.1, -0.05) is 30.3 Å². The highest BCUT2D eigenvalue weighted by Crippen LogP contribution is 2.33. The molecule has 1 aliphatic rings. The highest BCUT2D eigenvalue weighted by Gasteiger charge is 2.29. The molecule has 0 aliphatic carbocycles. The third kappa shape index (κ3) is 5.84. The molecule has 128 valence electrons. The Morgan fingerprint density at radius 3 is 2.87 bits per heavy atom. The second-order valence-corrected chi connectivity index (χ2v) is 5.68. The first-order chi connectivity index (χ1) is 11.3. The van der Waals surface area contributed by atoms with Crippen molar-refractivity contribution >= 4 is 5.96 Å². The molecular formula is C18H29N3O2. The average molecular weight is 319 g/mol. The van der Waals surface area contributed by atoms with Gasteiger partial charge in [-0.3, -0.25) is 4.99 Å². The molecule has 0 saturated carbocycles. The lowest BCUT2D eigenvalue weighted by Crippen LogP contribution is -2.40. The standard InChI is InChI=1S/C18H29N3O2/c1-3-22-12-7-11-20-18(19-2)21-14-16-10-13-23-17(16)15-8-5-4-6-9-15/h4-6,8-9,16-17H,3,7,10-14H2,1-2H3,(H2,19,20,21). The number of ether oxygens (including phenoxy) is 2. The summed E-state index contributed by atoms with van der Waals surface area (Å²) < 4.78 is 11.3. The summed E-state index contributed by atoms with van der Waals surface area (Å²) in [6.07, 6.45) is 2.24. The molecule has 1 aliphatic heterocycles. The van der Waals surface area contributed by atoms with Crippen LogP contribution in [-0.2, 0) is 9.47 Å². The number of rotatable bonds is 8. The summed E-state index contributed by atoms with van der Waals surface area (Å²) in [6, 6.07) is 10.5. The summed E-state index contributed by atoms with van der Waals surface area (Å²) in [5, 5.41) is 6.75. The van der Waals surface area contributed by atoms with E-state index in [1.54, 1.807) is 7.05 Å². The summed E-state index contributed by atoms with van der Waals surface area (Å²) in [5.74, 6) is 1.32. The Morgan fingerprint density at radius 1 is 1.30 bits per heavy atom. The highest BCUT2D eigenvalue weighted by molar-refractivity contribution is 5.79. The number of nitrogens with one attached hydrogen (secondary N) is 2. The van der Waals surface area contributed by atoms with E-state index >= 15 is 0 Å². The Bertz CT molecular complexity index is 465. The number of nitrogens with zero attached hydrogens (tertiary/aromatic N) is 1. The molecule has 0 aromatic heterocycles. The van der Waals surface area contributed by atoms with Crippen molar-refractivity contribution in [3.8, 4) is 0 Å². The maximum absolute atomic E-state index is 5.93. The van der Waals surface area contributed by atoms with Gasteiger partial charge in [-0.15, -0.1) is 0 Å². The van der Waals surface area contributed by atoms with E-state index in [2.05, 4.69) is 39.9 Å². The van der Waals surface area contributed by atoms with Gasteiger partial charge in [-0.25, -0.2) is 0 Å². The fourth-order valence-corrected chi connectivity index (χ4v) is 2.83. The number of benzene rings is 1. The molecule has 2 N–H and O–H groups in total. The zero-order valence-corrected chi connectivity index (χ0v) is 14.3. The van der Waals surface area contributed by atoms with Gasteiger partial charge in [-0.2, -0.15) is 0 Å². The number of hydrogen-bond acceptors (Lipinski definition) is 3. The van der Waals surface area contributed by atoms with Crippen LogP contribution in [0.25, 0.3) is 0 Å². The lowest BCUT2D eigenvalue weighted by atomic mass is 9.95. The first-order valence-electron chi connectivity index (χ1n) is 8.54. The summed E-state index contributed by atoms with van der Waals surface area (Å²) in [4.78, 5) is 4.28. The van der Waals surface area contributed by atoms with Gasteiger partial charge in [0.1, 0.15) is 0 Å². The Morgan fingerprint density at radius 2 is 2.13 bits per heavy atom. The van der Waals surface area contributed by atoms with E-state index in [1.165, 1.54) is 5.56 Å². The van der Waals surface area contributed by atoms with Gasteiger partial charge < -0.3 is 20.1 Å². The zero-order chi connectivity index (χ0) is 16.3. The van der Waals surface area contributed by atoms with E-state index in [-0.39, 0.29) is 6.10 Å². The van der Waals surface area contributed by atoms with Gasteiger partial charge in [0.15, 0.2) is 5.96 Å². The largest absolute Gasteiger partial charge is 0.382 e. The van der Waals surface area contributed by atoms with Crippen molar-refractivity contribution in [3.63, 3.8) is 0 Å². The molecular weight excluding hydrogens is 290 g/mol. The Kier molecular flexibility index (Phi) is 7.90. The molecule has 1 saturated heterocycles. The topological polar surface area (TPSA) is 54.9 Å². The molecule has 1 heterocycles. The number of aliphatic imine (C=N–C) groups is 1. The second-order valence-electron chi connectivity index (χ2n) is 5.68. The van der Waals surface area contributed by atoms with E-state index in [0.29, 0.717) is 5.92 Å². The summed E-state index contributed by atoms with van der Waals surface area (Å²) >= 11 is 0. The fraction of sp³-hybridized carbons (Fsp3) is 0.611. The first-order valence-corrected chi connectivity index (χ1v) is 8.54. The van der Waals surface area contributed by atoms with Crippen LogP contribution in [0.5, 0.6) is 0 Å². The Labute approximate surface area is 139 Å². The van der Waals surface area contributed by atoms with Crippen LogP contribution in [0.3, 0.4) is 0 Å². The third-order valence-electron chi connectivity index (χ3n) is 4.06. The van der Waals surface area contributed by atoms with Crippen LogP contribution in [-0.4, -0.2) is 45.9 Å². The van der Waals surface area contributed by atoms with Gasteiger partial charge in [0, 0.05) is 45.9 Å². The minimum Gasteiger partial charge on any atom is -0.382 e. The van der Waals surface area contributed by atoms with Crippen molar-refractivity contribution in [2.45, 2.75) is 25.9 Å². The van der Waals surface area contributed by atoms with E-state index in [0.717, 1.165) is 51.7 Å². The first kappa shape index (κ1) is 17.8. The molecule has 23 heavy (non-hydrogen) atoms. The highest BCUT2D eigenvalue weighted by atomic mass is 16.5. The minimum absolute atomic E-state index is 0.180. The van der Waals surface area contributed by atoms with Crippen molar-refractivity contribution in [2.75, 3.05) is 40.0 Å². The van der Waals surface area contributed by atoms with Gasteiger partial charge >= 0.3 is 0 Å². The molecule has 5 heteroatoms. The number of guanidine groups is 1. The Balaban J connectivity index is 1.75. The lowest BCUT2D eigenvalue weighted by molar-refractivity contribution is 0.0915. The van der Waals surface area contributed by atoms with E-state index < -0.39 is 0 Å². The predicted octanol–water partition coefficient (Wildman–Crippen LogP) is 2.36. The van der Waals surface area contributed by atoms with Crippen molar-refractivity contribution in [1.29, 1.82) is 0 Å². The van der Waals surface area contributed by atoms with Crippen molar-refractivity contribution in [2.24, 2.45) is 10.9 Å². The van der Waals surface area contributed by atoms with Crippen LogP contribution >= 0.6 is 0 Å². The van der Waals surface area contributed by atoms with Crippen LogP contribution in [0.1, 0.15) is 31.4 Å². The predicted molar refractivity (Wildman–Crippen MR) is 93.7 cm³/mol. The summed E-state index contributed by atoms with van der Waals surface area (Å²) in [5.41, 5.74) is 1.26. The molecule has 0 bridgehead atoms. The molecule has 0 amide bonds. The summed E-state index contributed by atoms with van der Waals surface area (Å²) in [6.45, 7) is 6.13. The minimum atomic E-state index is 0.180. The maximum Gasteiger partial charge on any atom is 0.190 e. The summed E-state index contributed by atoms with van der Waals surface area (Å²) in [7, 11) is 1.80. The lowest BCUT2D eigenvalue weighted by Gasteiger charge is -2.20. The molecule has 5 nitrogen and oxygen atoms in total. The van der Waals surface area contributed by atoms with Gasteiger partial charge in [0.25, 0.3) is 0 Å². The second kappa shape index (κ2) is 10.2. The SMILES string of the molecule is CCOCCCNC(=NC)NCC1CCOC1c1ccccc1. The average Bonchev–Trinajstić information content (AvgIpc) is 3.07. The van der Waals surface area contributed by atoms with Crippen LogP contribution in [0, 0.1) is 5.92 Å². The molecule has 0 spiro atoms. The molecule has 1 aromatic rings. The smallest absolute Gasteiger partial charge is 0.190 e. The van der Waals surface area contributed by atoms with Crippen LogP contribution in [0.2, 0.25) is 0 Å². The van der Waals surface area contributed by atoms with Crippen molar-refractivity contribution in [1.82, 2.24) is 10.6 Å². The van der Waals surface area contributed by atoms with Crippen LogP contribution in [0.15, 0.2) is 35.3 Å². The van der Waals surface area contributed by atoms with E-state index in [4.69, 9.17) is 9.47 Å². The van der Waals surface area contributed by atoms with Gasteiger partial charge in [0.2, 0.25) is 0 Å².